The second kappa shape index (κ2) is 23.7. The van der Waals surface area contributed by atoms with Gasteiger partial charge in [0.05, 0.1) is 6.61 Å². The molecule has 0 spiro atoms. The smallest absolute Gasteiger partial charge is 0.260 e. The number of nitrogens with zero attached hydrogens (tertiary/aromatic N) is 2. The summed E-state index contributed by atoms with van der Waals surface area (Å²) in [5.74, 6) is 1.71. The highest BCUT2D eigenvalue weighted by Gasteiger charge is 2.43. The quantitative estimate of drug-likeness (QED) is 0.109. The highest BCUT2D eigenvalue weighted by Crippen LogP contribution is 2.40. The Morgan fingerprint density at radius 3 is 1.67 bits per heavy atom. The molecule has 8 nitrogen and oxygen atoms in total. The molecule has 2 N–H and O–H groups in total. The summed E-state index contributed by atoms with van der Waals surface area (Å²) in [5.41, 5.74) is 4.37. The third-order valence-corrected chi connectivity index (χ3v) is 14.7. The average Bonchev–Trinajstić information content (AvgIpc) is 3.88. The summed E-state index contributed by atoms with van der Waals surface area (Å²) in [6, 6.07) is 37.6. The number of para-hydroxylation sites is 1. The van der Waals surface area contributed by atoms with Gasteiger partial charge in [-0.05, 0) is 183 Å². The summed E-state index contributed by atoms with van der Waals surface area (Å²) in [7, 11) is 0. The topological polar surface area (TPSA) is 83.1 Å². The number of amides is 2. The summed E-state index contributed by atoms with van der Waals surface area (Å²) in [6.45, 7) is 9.22. The molecule has 0 aromatic heterocycles. The molecule has 0 radical (unpaired) electrons. The third kappa shape index (κ3) is 13.6. The predicted molar refractivity (Wildman–Crippen MR) is 260 cm³/mol. The first-order chi connectivity index (χ1) is 31.2. The summed E-state index contributed by atoms with van der Waals surface area (Å²) in [5, 5.41) is 7.27. The van der Waals surface area contributed by atoms with Crippen LogP contribution in [-0.4, -0.2) is 83.7 Å². The number of halogens is 1. The molecule has 64 heavy (non-hydrogen) atoms. The van der Waals surface area contributed by atoms with Crippen LogP contribution in [0.1, 0.15) is 120 Å². The lowest BCUT2D eigenvalue weighted by atomic mass is 9.73. The summed E-state index contributed by atoms with van der Waals surface area (Å²) in [4.78, 5) is 30.8. The maximum atomic E-state index is 12.7. The lowest BCUT2D eigenvalue weighted by Gasteiger charge is -2.50. The summed E-state index contributed by atoms with van der Waals surface area (Å²) < 4.78 is 11.6. The van der Waals surface area contributed by atoms with Crippen molar-refractivity contribution >= 4 is 23.4 Å². The van der Waals surface area contributed by atoms with Crippen LogP contribution < -0.4 is 20.1 Å². The van der Waals surface area contributed by atoms with Crippen LogP contribution in [0.4, 0.5) is 0 Å². The number of rotatable bonds is 16. The van der Waals surface area contributed by atoms with E-state index in [1.54, 1.807) is 0 Å². The molecule has 4 aliphatic rings. The first-order valence-corrected chi connectivity index (χ1v) is 24.8. The van der Waals surface area contributed by atoms with Crippen molar-refractivity contribution in [3.8, 4) is 11.5 Å². The lowest BCUT2D eigenvalue weighted by molar-refractivity contribution is -0.128. The van der Waals surface area contributed by atoms with Crippen LogP contribution in [0.5, 0.6) is 11.5 Å². The lowest BCUT2D eigenvalue weighted by Crippen LogP contribution is -2.56. The number of hydrogen-bond donors (Lipinski definition) is 2. The monoisotopic (exact) mass is 889 g/mol. The van der Waals surface area contributed by atoms with Gasteiger partial charge >= 0.3 is 0 Å². The van der Waals surface area contributed by atoms with E-state index in [1.165, 1.54) is 69.4 Å². The molecule has 2 saturated carbocycles. The van der Waals surface area contributed by atoms with Crippen LogP contribution in [0.2, 0.25) is 5.02 Å². The second-order valence-corrected chi connectivity index (χ2v) is 19.5. The van der Waals surface area contributed by atoms with Gasteiger partial charge in [0.1, 0.15) is 11.5 Å². The Morgan fingerprint density at radius 1 is 0.672 bits per heavy atom. The molecular weight excluding hydrogens is 816 g/mol. The number of piperidine rings is 1. The van der Waals surface area contributed by atoms with Crippen LogP contribution in [0, 0.1) is 6.92 Å². The van der Waals surface area contributed by atoms with Gasteiger partial charge in [-0.25, -0.2) is 0 Å². The second-order valence-electron chi connectivity index (χ2n) is 19.1. The predicted octanol–water partition coefficient (Wildman–Crippen LogP) is 10.9. The van der Waals surface area contributed by atoms with Gasteiger partial charge in [0.2, 0.25) is 5.91 Å². The van der Waals surface area contributed by atoms with Crippen LogP contribution >= 0.6 is 11.6 Å². The van der Waals surface area contributed by atoms with Crippen LogP contribution in [-0.2, 0) is 22.4 Å². The normalized spacial score (nSPS) is 24.4. The number of hydrogen-bond acceptors (Lipinski definition) is 6. The van der Waals surface area contributed by atoms with Gasteiger partial charge in [-0.1, -0.05) is 96.9 Å². The fraction of sp³-hybridized carbons (Fsp3) is 0.527. The fourth-order valence-electron chi connectivity index (χ4n) is 10.9. The van der Waals surface area contributed by atoms with E-state index < -0.39 is 6.10 Å². The van der Waals surface area contributed by atoms with Crippen molar-refractivity contribution in [1.29, 1.82) is 0 Å². The molecule has 1 atom stereocenters. The zero-order chi connectivity index (χ0) is 44.6. The fourth-order valence-corrected chi connectivity index (χ4v) is 11.1. The van der Waals surface area contributed by atoms with E-state index in [0.717, 1.165) is 81.3 Å². The van der Waals surface area contributed by atoms with Crippen molar-refractivity contribution in [2.45, 2.75) is 152 Å². The van der Waals surface area contributed by atoms with E-state index >= 15 is 0 Å². The van der Waals surface area contributed by atoms with Crippen LogP contribution in [0.3, 0.4) is 0 Å². The van der Waals surface area contributed by atoms with E-state index in [9.17, 15) is 9.59 Å². The number of nitrogens with one attached hydrogen (secondary N) is 2. The molecule has 4 aromatic rings. The highest BCUT2D eigenvalue weighted by atomic mass is 35.5. The first-order valence-electron chi connectivity index (χ1n) is 24.5. The van der Waals surface area contributed by atoms with Crippen molar-refractivity contribution in [2.75, 3.05) is 32.8 Å². The van der Waals surface area contributed by atoms with E-state index in [2.05, 4.69) is 81.1 Å². The molecule has 4 fully saturated rings. The van der Waals surface area contributed by atoms with Gasteiger partial charge in [0.15, 0.2) is 6.10 Å². The Bertz CT molecular complexity index is 2010. The van der Waals surface area contributed by atoms with Gasteiger partial charge in [-0.2, -0.15) is 0 Å². The zero-order valence-electron chi connectivity index (χ0n) is 38.6. The molecule has 344 valence electrons. The molecule has 2 heterocycles. The van der Waals surface area contributed by atoms with Gasteiger partial charge in [-0.3, -0.25) is 19.4 Å². The van der Waals surface area contributed by atoms with Crippen LogP contribution in [0.15, 0.2) is 109 Å². The third-order valence-electron chi connectivity index (χ3n) is 14.5. The average molecular weight is 890 g/mol. The SMILES string of the molecule is CC(Oc1ccccc1)C(=O)NC1CCC(Cc2ccccc2)(N2CCCC2)CC1.Cc1cc(Cl)ccc1OCCCC(=O)NC1CCC(Cc2ccccc2)(N2CCCCC2)CC1. The Morgan fingerprint density at radius 2 is 1.16 bits per heavy atom. The van der Waals surface area contributed by atoms with E-state index in [0.29, 0.717) is 30.5 Å². The standard InChI is InChI=1S/C29H39ClN2O2.C26H34N2O2/c1-23-21-25(30)12-13-27(23)34-20-8-11-28(33)31-26-14-16-29(17-15-26,32-18-6-3-7-19-32)22-24-9-4-2-5-10-24;1-21(30-24-12-6-3-7-13-24)25(29)27-23-14-16-26(17-15-23,28-18-8-9-19-28)20-22-10-4-2-5-11-22/h2,4-5,9-10,12-13,21,26H,3,6-8,11,14-20,22H2,1H3,(H,31,33);2-7,10-13,21,23H,8-9,14-20H2,1H3,(H,27,29). The van der Waals surface area contributed by atoms with Gasteiger partial charge in [-0.15, -0.1) is 0 Å². The Balaban J connectivity index is 0.000000193. The van der Waals surface area contributed by atoms with Crippen molar-refractivity contribution < 1.29 is 19.1 Å². The van der Waals surface area contributed by atoms with Crippen molar-refractivity contribution in [3.63, 3.8) is 0 Å². The Kier molecular flexibility index (Phi) is 17.6. The highest BCUT2D eigenvalue weighted by molar-refractivity contribution is 6.30. The van der Waals surface area contributed by atoms with Gasteiger partial charge in [0.25, 0.3) is 5.91 Å². The molecule has 2 amide bonds. The molecule has 0 bridgehead atoms. The van der Waals surface area contributed by atoms with Gasteiger partial charge in [0, 0.05) is 34.6 Å². The molecule has 2 saturated heterocycles. The molecule has 2 aliphatic heterocycles. The molecule has 4 aromatic carbocycles. The zero-order valence-corrected chi connectivity index (χ0v) is 39.3. The number of aryl methyl sites for hydroxylation is 1. The van der Waals surface area contributed by atoms with E-state index in [1.807, 2.05) is 62.4 Å². The number of carbonyl (C=O) groups is 2. The molecular formula is C55H73ClN4O4. The molecule has 1 unspecified atom stereocenters. The van der Waals surface area contributed by atoms with E-state index in [-0.39, 0.29) is 28.9 Å². The van der Waals surface area contributed by atoms with Crippen molar-refractivity contribution in [1.82, 2.24) is 20.4 Å². The number of benzene rings is 4. The minimum absolute atomic E-state index is 0.0133. The first kappa shape index (κ1) is 47.6. The maximum absolute atomic E-state index is 12.7. The molecule has 2 aliphatic carbocycles. The number of ether oxygens (including phenoxy) is 2. The van der Waals surface area contributed by atoms with Crippen molar-refractivity contribution in [2.24, 2.45) is 0 Å². The maximum Gasteiger partial charge on any atom is 0.260 e. The summed E-state index contributed by atoms with van der Waals surface area (Å²) in [6.07, 6.45) is 18.4. The molecule has 9 heteroatoms. The molecule has 8 rings (SSSR count). The Hall–Kier alpha value is -4.37. The number of carbonyl (C=O) groups excluding carboxylic acids is 2. The minimum Gasteiger partial charge on any atom is -0.493 e. The number of likely N-dealkylation sites (tertiary alicyclic amines) is 2. The minimum atomic E-state index is -0.484. The Labute approximate surface area is 388 Å². The van der Waals surface area contributed by atoms with Crippen LogP contribution in [0.25, 0.3) is 0 Å². The summed E-state index contributed by atoms with van der Waals surface area (Å²) >= 11 is 6.00. The van der Waals surface area contributed by atoms with Crippen molar-refractivity contribution in [3.05, 3.63) is 131 Å². The van der Waals surface area contributed by atoms with Gasteiger partial charge < -0.3 is 20.1 Å². The van der Waals surface area contributed by atoms with E-state index in [4.69, 9.17) is 21.1 Å². The largest absolute Gasteiger partial charge is 0.493 e.